The van der Waals surface area contributed by atoms with Crippen molar-refractivity contribution < 1.29 is 18.7 Å². The van der Waals surface area contributed by atoms with Crippen LogP contribution in [0.5, 0.6) is 11.5 Å². The van der Waals surface area contributed by atoms with E-state index in [1.165, 1.54) is 18.2 Å². The van der Waals surface area contributed by atoms with E-state index in [-0.39, 0.29) is 5.69 Å². The number of para-hydroxylation sites is 1. The van der Waals surface area contributed by atoms with Crippen LogP contribution in [-0.2, 0) is 4.79 Å². The molecule has 25 heavy (non-hydrogen) atoms. The van der Waals surface area contributed by atoms with Crippen LogP contribution in [0.25, 0.3) is 6.08 Å². The summed E-state index contributed by atoms with van der Waals surface area (Å²) in [5.74, 6) is 0.430. The van der Waals surface area contributed by atoms with Gasteiger partial charge in [0.15, 0.2) is 11.5 Å². The van der Waals surface area contributed by atoms with Crippen LogP contribution in [0, 0.1) is 5.82 Å². The smallest absolute Gasteiger partial charge is 0.248 e. The number of anilines is 1. The van der Waals surface area contributed by atoms with Crippen molar-refractivity contribution >= 4 is 17.7 Å². The summed E-state index contributed by atoms with van der Waals surface area (Å²) in [7, 11) is 0. The van der Waals surface area contributed by atoms with Gasteiger partial charge in [-0.3, -0.25) is 4.79 Å². The summed E-state index contributed by atoms with van der Waals surface area (Å²) < 4.78 is 24.8. The minimum absolute atomic E-state index is 0.149. The van der Waals surface area contributed by atoms with Crippen LogP contribution >= 0.6 is 0 Å². The third-order valence-corrected chi connectivity index (χ3v) is 3.29. The van der Waals surface area contributed by atoms with Crippen molar-refractivity contribution in [3.05, 3.63) is 59.9 Å². The maximum atomic E-state index is 13.5. The van der Waals surface area contributed by atoms with Crippen molar-refractivity contribution in [3.8, 4) is 11.5 Å². The van der Waals surface area contributed by atoms with E-state index in [4.69, 9.17) is 9.47 Å². The fourth-order valence-electron chi connectivity index (χ4n) is 2.14. The minimum Gasteiger partial charge on any atom is -0.490 e. The first kappa shape index (κ1) is 18.5. The molecule has 132 valence electrons. The first-order valence-corrected chi connectivity index (χ1v) is 8.27. The van der Waals surface area contributed by atoms with Gasteiger partial charge in [0.2, 0.25) is 5.91 Å². The molecule has 0 bridgehead atoms. The second-order valence-corrected chi connectivity index (χ2v) is 5.29. The van der Waals surface area contributed by atoms with E-state index in [0.29, 0.717) is 24.7 Å². The minimum atomic E-state index is -0.472. The van der Waals surface area contributed by atoms with Gasteiger partial charge in [0.1, 0.15) is 5.82 Å². The number of amides is 1. The van der Waals surface area contributed by atoms with E-state index in [1.54, 1.807) is 24.3 Å². The SMILES string of the molecule is CCCOc1ccc(/C=C/C(=O)Nc2ccccc2F)cc1OCC. The van der Waals surface area contributed by atoms with Gasteiger partial charge in [-0.25, -0.2) is 4.39 Å². The number of hydrogen-bond donors (Lipinski definition) is 1. The van der Waals surface area contributed by atoms with E-state index in [2.05, 4.69) is 5.32 Å². The highest BCUT2D eigenvalue weighted by Crippen LogP contribution is 2.29. The van der Waals surface area contributed by atoms with E-state index in [9.17, 15) is 9.18 Å². The standard InChI is InChI=1S/C20H22FNO3/c1-3-13-25-18-11-9-15(14-19(18)24-4-2)10-12-20(23)22-17-8-6-5-7-16(17)21/h5-12,14H,3-4,13H2,1-2H3,(H,22,23)/b12-10+. The Morgan fingerprint density at radius 1 is 1.12 bits per heavy atom. The van der Waals surface area contributed by atoms with Crippen molar-refractivity contribution in [2.75, 3.05) is 18.5 Å². The molecule has 5 heteroatoms. The number of carbonyl (C=O) groups is 1. The topological polar surface area (TPSA) is 47.6 Å². The molecule has 4 nitrogen and oxygen atoms in total. The second kappa shape index (κ2) is 9.47. The Balaban J connectivity index is 2.07. The molecule has 0 aromatic heterocycles. The molecule has 2 aromatic carbocycles. The summed E-state index contributed by atoms with van der Waals surface area (Å²) in [4.78, 5) is 11.9. The maximum Gasteiger partial charge on any atom is 0.248 e. The highest BCUT2D eigenvalue weighted by Gasteiger charge is 2.06. The maximum absolute atomic E-state index is 13.5. The molecule has 1 amide bonds. The Kier molecular flexibility index (Phi) is 7.01. The van der Waals surface area contributed by atoms with E-state index >= 15 is 0 Å². The third-order valence-electron chi connectivity index (χ3n) is 3.29. The summed E-state index contributed by atoms with van der Waals surface area (Å²) in [5, 5.41) is 2.50. The Bertz CT molecular complexity index is 743. The Morgan fingerprint density at radius 3 is 2.64 bits per heavy atom. The van der Waals surface area contributed by atoms with Crippen molar-refractivity contribution in [1.82, 2.24) is 0 Å². The predicted molar refractivity (Wildman–Crippen MR) is 97.5 cm³/mol. The van der Waals surface area contributed by atoms with Gasteiger partial charge in [-0.15, -0.1) is 0 Å². The summed E-state index contributed by atoms with van der Waals surface area (Å²) >= 11 is 0. The molecule has 1 N–H and O–H groups in total. The quantitative estimate of drug-likeness (QED) is 0.709. The monoisotopic (exact) mass is 343 g/mol. The average Bonchev–Trinajstić information content (AvgIpc) is 2.61. The number of halogens is 1. The van der Waals surface area contributed by atoms with Crippen molar-refractivity contribution in [2.45, 2.75) is 20.3 Å². The Hall–Kier alpha value is -2.82. The first-order valence-electron chi connectivity index (χ1n) is 8.27. The molecule has 0 aliphatic carbocycles. The van der Waals surface area contributed by atoms with Crippen LogP contribution < -0.4 is 14.8 Å². The fraction of sp³-hybridized carbons (Fsp3) is 0.250. The normalized spacial score (nSPS) is 10.7. The Labute approximate surface area is 147 Å². The molecule has 0 saturated heterocycles. The molecule has 0 saturated carbocycles. The predicted octanol–water partition coefficient (Wildman–Crippen LogP) is 4.67. The van der Waals surface area contributed by atoms with E-state index in [0.717, 1.165) is 12.0 Å². The highest BCUT2D eigenvalue weighted by molar-refractivity contribution is 6.02. The van der Waals surface area contributed by atoms with E-state index < -0.39 is 11.7 Å². The first-order chi connectivity index (χ1) is 12.1. The van der Waals surface area contributed by atoms with Gasteiger partial charge < -0.3 is 14.8 Å². The summed E-state index contributed by atoms with van der Waals surface area (Å²) in [6.45, 7) is 5.06. The van der Waals surface area contributed by atoms with Gasteiger partial charge in [0.25, 0.3) is 0 Å². The lowest BCUT2D eigenvalue weighted by Gasteiger charge is -2.12. The zero-order valence-corrected chi connectivity index (χ0v) is 14.4. The number of nitrogens with one attached hydrogen (secondary N) is 1. The van der Waals surface area contributed by atoms with Crippen molar-refractivity contribution in [2.24, 2.45) is 0 Å². The zero-order valence-electron chi connectivity index (χ0n) is 14.4. The van der Waals surface area contributed by atoms with Crippen LogP contribution in [0.1, 0.15) is 25.8 Å². The second-order valence-electron chi connectivity index (χ2n) is 5.29. The molecule has 0 aliphatic rings. The molecule has 0 aliphatic heterocycles. The van der Waals surface area contributed by atoms with Crippen molar-refractivity contribution in [3.63, 3.8) is 0 Å². The number of ether oxygens (including phenoxy) is 2. The van der Waals surface area contributed by atoms with Crippen LogP contribution in [-0.4, -0.2) is 19.1 Å². The average molecular weight is 343 g/mol. The lowest BCUT2D eigenvalue weighted by atomic mass is 10.2. The molecule has 0 fully saturated rings. The van der Waals surface area contributed by atoms with Gasteiger partial charge in [0, 0.05) is 6.08 Å². The molecule has 0 unspecified atom stereocenters. The lowest BCUT2D eigenvalue weighted by Crippen LogP contribution is -2.09. The summed E-state index contributed by atoms with van der Waals surface area (Å²) in [6.07, 6.45) is 3.90. The fourth-order valence-corrected chi connectivity index (χ4v) is 2.14. The van der Waals surface area contributed by atoms with Crippen LogP contribution in [0.3, 0.4) is 0 Å². The van der Waals surface area contributed by atoms with Crippen LogP contribution in [0.4, 0.5) is 10.1 Å². The molecule has 0 heterocycles. The lowest BCUT2D eigenvalue weighted by molar-refractivity contribution is -0.111. The molecule has 0 radical (unpaired) electrons. The third kappa shape index (κ3) is 5.64. The number of benzene rings is 2. The molecule has 2 aromatic rings. The van der Waals surface area contributed by atoms with Gasteiger partial charge in [-0.1, -0.05) is 25.1 Å². The number of carbonyl (C=O) groups excluding carboxylic acids is 1. The Morgan fingerprint density at radius 2 is 1.92 bits per heavy atom. The van der Waals surface area contributed by atoms with Gasteiger partial charge in [0.05, 0.1) is 18.9 Å². The highest BCUT2D eigenvalue weighted by atomic mass is 19.1. The number of rotatable bonds is 8. The van der Waals surface area contributed by atoms with Gasteiger partial charge in [-0.05, 0) is 49.2 Å². The molecule has 0 spiro atoms. The molecular weight excluding hydrogens is 321 g/mol. The molecule has 0 atom stereocenters. The summed E-state index contributed by atoms with van der Waals surface area (Å²) in [6, 6.07) is 11.5. The molecule has 2 rings (SSSR count). The van der Waals surface area contributed by atoms with Crippen LogP contribution in [0.15, 0.2) is 48.5 Å². The van der Waals surface area contributed by atoms with E-state index in [1.807, 2.05) is 26.0 Å². The molecular formula is C20H22FNO3. The largest absolute Gasteiger partial charge is 0.490 e. The zero-order chi connectivity index (χ0) is 18.1. The van der Waals surface area contributed by atoms with Crippen LogP contribution in [0.2, 0.25) is 0 Å². The summed E-state index contributed by atoms with van der Waals surface area (Å²) in [5.41, 5.74) is 0.937. The van der Waals surface area contributed by atoms with Crippen molar-refractivity contribution in [1.29, 1.82) is 0 Å². The number of hydrogen-bond acceptors (Lipinski definition) is 3. The van der Waals surface area contributed by atoms with Gasteiger partial charge in [-0.2, -0.15) is 0 Å². The van der Waals surface area contributed by atoms with Gasteiger partial charge >= 0.3 is 0 Å².